The van der Waals surface area contributed by atoms with Gasteiger partial charge >= 0.3 is 0 Å². The summed E-state index contributed by atoms with van der Waals surface area (Å²) >= 11 is 0. The fourth-order valence-corrected chi connectivity index (χ4v) is 4.14. The third-order valence-corrected chi connectivity index (χ3v) is 5.99. The number of benzene rings is 2. The van der Waals surface area contributed by atoms with Crippen molar-refractivity contribution in [3.8, 4) is 0 Å². The summed E-state index contributed by atoms with van der Waals surface area (Å²) in [6, 6.07) is 12.6. The van der Waals surface area contributed by atoms with Crippen LogP contribution in [0.15, 0.2) is 42.5 Å². The summed E-state index contributed by atoms with van der Waals surface area (Å²) in [6.07, 6.45) is 2.40. The Morgan fingerprint density at radius 1 is 1.15 bits per heavy atom. The van der Waals surface area contributed by atoms with E-state index in [1.165, 1.54) is 4.90 Å². The fraction of sp³-hybridized carbons (Fsp3) is 0.500. The van der Waals surface area contributed by atoms with Gasteiger partial charge in [-0.3, -0.25) is 19.3 Å². The van der Waals surface area contributed by atoms with E-state index in [1.54, 1.807) is 20.8 Å². The van der Waals surface area contributed by atoms with Crippen LogP contribution in [0.3, 0.4) is 0 Å². The summed E-state index contributed by atoms with van der Waals surface area (Å²) in [5.74, 6) is -1.01. The molecule has 0 aromatic heterocycles. The number of hydrogen-bond donors (Lipinski definition) is 3. The Kier molecular flexibility index (Phi) is 8.21. The van der Waals surface area contributed by atoms with Gasteiger partial charge in [-0.25, -0.2) is 0 Å². The zero-order valence-electron chi connectivity index (χ0n) is 19.9. The lowest BCUT2D eigenvalue weighted by atomic mass is 9.91. The minimum Gasteiger partial charge on any atom is -0.354 e. The Morgan fingerprint density at radius 2 is 1.88 bits per heavy atom. The molecule has 1 fully saturated rings. The lowest BCUT2D eigenvalue weighted by molar-refractivity contribution is -0.157. The summed E-state index contributed by atoms with van der Waals surface area (Å²) in [5.41, 5.74) is 5.67. The second-order valence-electron chi connectivity index (χ2n) is 9.75. The van der Waals surface area contributed by atoms with Crippen molar-refractivity contribution < 1.29 is 14.4 Å². The van der Waals surface area contributed by atoms with E-state index in [2.05, 4.69) is 10.6 Å². The maximum Gasteiger partial charge on any atom is 0.247 e. The average molecular weight is 453 g/mol. The topological polar surface area (TPSA) is 105 Å². The van der Waals surface area contributed by atoms with E-state index in [0.717, 1.165) is 29.3 Å². The fourth-order valence-electron chi connectivity index (χ4n) is 4.14. The SMILES string of the molecule is CC(C)(C)C(=O)N(C(=O)[C@@H]1CCCN1)[C@H](Cc1ccc2ccccc2c1)C(=O)NCCCN. The number of nitrogens with zero attached hydrogens (tertiary/aromatic N) is 1. The van der Waals surface area contributed by atoms with Crippen LogP contribution in [0.25, 0.3) is 10.8 Å². The highest BCUT2D eigenvalue weighted by Crippen LogP contribution is 2.25. The molecule has 7 nitrogen and oxygen atoms in total. The van der Waals surface area contributed by atoms with E-state index in [1.807, 2.05) is 42.5 Å². The molecule has 7 heteroatoms. The van der Waals surface area contributed by atoms with Crippen LogP contribution in [0.5, 0.6) is 0 Å². The Hall–Kier alpha value is -2.77. The van der Waals surface area contributed by atoms with Crippen LogP contribution in [0.1, 0.15) is 45.6 Å². The van der Waals surface area contributed by atoms with Crippen LogP contribution in [0, 0.1) is 5.41 Å². The lowest BCUT2D eigenvalue weighted by Gasteiger charge is -2.35. The highest BCUT2D eigenvalue weighted by atomic mass is 16.2. The standard InChI is InChI=1S/C26H36N4O3/c1-26(2,3)25(33)30(24(32)21-10-6-14-28-21)22(23(31)29-15-7-13-27)17-18-11-12-19-8-4-5-9-20(19)16-18/h4-5,8-9,11-12,16,21-22,28H,6-7,10,13-15,17,27H2,1-3H3,(H,29,31)/t21-,22+/m0/s1. The van der Waals surface area contributed by atoms with Crippen molar-refractivity contribution in [2.75, 3.05) is 19.6 Å². The molecule has 0 radical (unpaired) electrons. The highest BCUT2D eigenvalue weighted by molar-refractivity contribution is 6.04. The van der Waals surface area contributed by atoms with Crippen molar-refractivity contribution in [1.29, 1.82) is 0 Å². The molecule has 2 atom stereocenters. The predicted octanol–water partition coefficient (Wildman–Crippen LogP) is 2.37. The molecule has 0 saturated carbocycles. The first kappa shape index (κ1) is 24.9. The van der Waals surface area contributed by atoms with Gasteiger partial charge in [-0.2, -0.15) is 0 Å². The first-order valence-corrected chi connectivity index (χ1v) is 11.8. The zero-order chi connectivity index (χ0) is 24.0. The first-order chi connectivity index (χ1) is 15.7. The molecule has 0 bridgehead atoms. The maximum absolute atomic E-state index is 13.6. The average Bonchev–Trinajstić information content (AvgIpc) is 3.33. The van der Waals surface area contributed by atoms with Gasteiger partial charge in [-0.1, -0.05) is 63.2 Å². The number of rotatable bonds is 8. The van der Waals surface area contributed by atoms with Crippen LogP contribution in [0.4, 0.5) is 0 Å². The number of carbonyl (C=O) groups is 3. The number of nitrogens with two attached hydrogens (primary N) is 1. The molecule has 178 valence electrons. The van der Waals surface area contributed by atoms with Gasteiger partial charge in [0.2, 0.25) is 17.7 Å². The van der Waals surface area contributed by atoms with Crippen LogP contribution < -0.4 is 16.4 Å². The molecule has 0 spiro atoms. The van der Waals surface area contributed by atoms with Crippen molar-refractivity contribution in [3.05, 3.63) is 48.0 Å². The van der Waals surface area contributed by atoms with E-state index in [0.29, 0.717) is 25.9 Å². The molecule has 2 aromatic rings. The monoisotopic (exact) mass is 452 g/mol. The number of nitrogens with one attached hydrogen (secondary N) is 2. The third-order valence-electron chi connectivity index (χ3n) is 5.99. The van der Waals surface area contributed by atoms with Gasteiger partial charge in [0.15, 0.2) is 0 Å². The van der Waals surface area contributed by atoms with Gasteiger partial charge in [0.25, 0.3) is 0 Å². The van der Waals surface area contributed by atoms with Crippen molar-refractivity contribution in [2.24, 2.45) is 11.1 Å². The number of imide groups is 1. The molecule has 1 heterocycles. The van der Waals surface area contributed by atoms with Crippen molar-refractivity contribution in [2.45, 2.75) is 58.5 Å². The number of amides is 3. The first-order valence-electron chi connectivity index (χ1n) is 11.8. The van der Waals surface area contributed by atoms with Crippen LogP contribution in [-0.4, -0.2) is 54.3 Å². The van der Waals surface area contributed by atoms with Gasteiger partial charge in [-0.15, -0.1) is 0 Å². The minimum absolute atomic E-state index is 0.250. The third kappa shape index (κ3) is 6.18. The molecule has 1 aliphatic heterocycles. The molecule has 4 N–H and O–H groups in total. The van der Waals surface area contributed by atoms with Crippen molar-refractivity contribution in [1.82, 2.24) is 15.5 Å². The predicted molar refractivity (Wildman–Crippen MR) is 130 cm³/mol. The smallest absolute Gasteiger partial charge is 0.247 e. The summed E-state index contributed by atoms with van der Waals surface area (Å²) in [6.45, 7) is 6.90. The second kappa shape index (κ2) is 10.9. The summed E-state index contributed by atoms with van der Waals surface area (Å²) in [5, 5.41) is 8.22. The maximum atomic E-state index is 13.6. The van der Waals surface area contributed by atoms with Crippen LogP contribution in [-0.2, 0) is 20.8 Å². The molecular weight excluding hydrogens is 416 g/mol. The summed E-state index contributed by atoms with van der Waals surface area (Å²) < 4.78 is 0. The lowest BCUT2D eigenvalue weighted by Crippen LogP contribution is -2.59. The zero-order valence-corrected chi connectivity index (χ0v) is 19.9. The summed E-state index contributed by atoms with van der Waals surface area (Å²) in [4.78, 5) is 41.7. The number of carbonyl (C=O) groups excluding carboxylic acids is 3. The van der Waals surface area contributed by atoms with E-state index in [-0.39, 0.29) is 24.1 Å². The Balaban J connectivity index is 1.99. The van der Waals surface area contributed by atoms with E-state index < -0.39 is 17.5 Å². The van der Waals surface area contributed by atoms with E-state index in [4.69, 9.17) is 5.73 Å². The molecule has 0 aliphatic carbocycles. The second-order valence-corrected chi connectivity index (χ2v) is 9.75. The van der Waals surface area contributed by atoms with Crippen LogP contribution >= 0.6 is 0 Å². The van der Waals surface area contributed by atoms with Crippen LogP contribution in [0.2, 0.25) is 0 Å². The van der Waals surface area contributed by atoms with Gasteiger partial charge in [0, 0.05) is 18.4 Å². The Morgan fingerprint density at radius 3 is 2.52 bits per heavy atom. The molecule has 0 unspecified atom stereocenters. The number of hydrogen-bond acceptors (Lipinski definition) is 5. The normalized spacial score (nSPS) is 17.0. The van der Waals surface area contributed by atoms with E-state index >= 15 is 0 Å². The molecule has 1 aliphatic rings. The van der Waals surface area contributed by atoms with Gasteiger partial charge in [0.1, 0.15) is 6.04 Å². The van der Waals surface area contributed by atoms with Crippen molar-refractivity contribution in [3.63, 3.8) is 0 Å². The quantitative estimate of drug-likeness (QED) is 0.534. The van der Waals surface area contributed by atoms with Gasteiger partial charge in [-0.05, 0) is 48.7 Å². The molecule has 3 rings (SSSR count). The Bertz CT molecular complexity index is 992. The van der Waals surface area contributed by atoms with E-state index in [9.17, 15) is 14.4 Å². The Labute approximate surface area is 196 Å². The van der Waals surface area contributed by atoms with Gasteiger partial charge < -0.3 is 16.4 Å². The summed E-state index contributed by atoms with van der Waals surface area (Å²) in [7, 11) is 0. The molecule has 33 heavy (non-hydrogen) atoms. The largest absolute Gasteiger partial charge is 0.354 e. The molecular formula is C26H36N4O3. The molecule has 1 saturated heterocycles. The minimum atomic E-state index is -0.939. The number of fused-ring (bicyclic) bond motifs is 1. The molecule has 3 amide bonds. The van der Waals surface area contributed by atoms with Gasteiger partial charge in [0.05, 0.1) is 6.04 Å². The van der Waals surface area contributed by atoms with Crippen molar-refractivity contribution >= 4 is 28.5 Å². The highest BCUT2D eigenvalue weighted by Gasteiger charge is 2.42. The molecule has 2 aromatic carbocycles.